The fourth-order valence-electron chi connectivity index (χ4n) is 3.96. The van der Waals surface area contributed by atoms with Gasteiger partial charge in [0.25, 0.3) is 0 Å². The van der Waals surface area contributed by atoms with Crippen molar-refractivity contribution in [2.24, 2.45) is 11.8 Å². The molecule has 4 heteroatoms. The van der Waals surface area contributed by atoms with Crippen LogP contribution in [0.4, 0.5) is 0 Å². The number of carbonyl (C=O) groups excluding carboxylic acids is 1. The molecule has 0 aliphatic heterocycles. The van der Waals surface area contributed by atoms with Crippen molar-refractivity contribution in [1.82, 2.24) is 10.2 Å². The number of carbonyl (C=O) groups is 1. The Labute approximate surface area is 177 Å². The lowest BCUT2D eigenvalue weighted by molar-refractivity contribution is -0.116. The van der Waals surface area contributed by atoms with Gasteiger partial charge in [-0.3, -0.25) is 4.79 Å². The number of hydrogen-bond donors (Lipinski definition) is 1. The first-order chi connectivity index (χ1) is 13.4. The second-order valence-electron chi connectivity index (χ2n) is 8.04. The van der Waals surface area contributed by atoms with E-state index in [-0.39, 0.29) is 13.8 Å². The minimum absolute atomic E-state index is 0.0747. The Kier molecular flexibility index (Phi) is 16.6. The smallest absolute Gasteiger partial charge is 0.245 e. The molecule has 0 aromatic carbocycles. The number of nitrogens with zero attached hydrogens (tertiary/aromatic N) is 1. The number of rotatable bonds is 17. The van der Waals surface area contributed by atoms with Gasteiger partial charge in [0.2, 0.25) is 5.91 Å². The van der Waals surface area contributed by atoms with Crippen molar-refractivity contribution in [1.29, 1.82) is 0 Å². The Morgan fingerprint density at radius 3 is 2.21 bits per heavy atom. The van der Waals surface area contributed by atoms with Crippen molar-refractivity contribution in [2.45, 2.75) is 85.6 Å². The monoisotopic (exact) mass is 410 g/mol. The highest BCUT2D eigenvalue weighted by Crippen LogP contribution is 2.41. The van der Waals surface area contributed by atoms with Gasteiger partial charge in [0, 0.05) is 25.4 Å². The minimum atomic E-state index is -0.0747. The summed E-state index contributed by atoms with van der Waals surface area (Å²) in [5, 5.41) is 2.63. The van der Waals surface area contributed by atoms with Crippen LogP contribution in [0, 0.1) is 11.8 Å². The van der Waals surface area contributed by atoms with Crippen LogP contribution >= 0.6 is 7.92 Å². The highest BCUT2D eigenvalue weighted by Gasteiger charge is 2.19. The fourth-order valence-corrected chi connectivity index (χ4v) is 6.58. The molecule has 3 atom stereocenters. The molecule has 3 nitrogen and oxygen atoms in total. The summed E-state index contributed by atoms with van der Waals surface area (Å²) in [5.74, 6) is 1.62. The third kappa shape index (κ3) is 11.9. The van der Waals surface area contributed by atoms with Crippen LogP contribution < -0.4 is 5.32 Å². The molecule has 3 unspecified atom stereocenters. The van der Waals surface area contributed by atoms with Crippen LogP contribution in [-0.4, -0.2) is 42.4 Å². The minimum Gasteiger partial charge on any atom is -0.356 e. The van der Waals surface area contributed by atoms with Gasteiger partial charge < -0.3 is 10.2 Å². The second kappa shape index (κ2) is 17.1. The summed E-state index contributed by atoms with van der Waals surface area (Å²) in [6, 6.07) is 0.366. The summed E-state index contributed by atoms with van der Waals surface area (Å²) in [5.41, 5.74) is 0. The molecule has 0 fully saturated rings. The van der Waals surface area contributed by atoms with E-state index in [1.54, 1.807) is 13.1 Å². The lowest BCUT2D eigenvalue weighted by Gasteiger charge is -2.30. The molecule has 0 rings (SSSR count). The average molecular weight is 411 g/mol. The zero-order chi connectivity index (χ0) is 21.4. The lowest BCUT2D eigenvalue weighted by atomic mass is 9.96. The van der Waals surface area contributed by atoms with E-state index in [1.165, 1.54) is 57.0 Å². The standard InChI is InChI=1S/C24H47N2OP/c1-8-13-23(14-9-2)16-18-28(12-5)20-22(10-3)19-21(6)26(11-4)17-15-24(27)25-7/h11,15,17,21-23H,4,8-10,12-14,16,18-20H2,1-3,5-7H3,(H,25,27)/b17-15-. The first kappa shape index (κ1) is 27.2. The molecule has 0 aromatic rings. The molecule has 1 amide bonds. The lowest BCUT2D eigenvalue weighted by Crippen LogP contribution is -2.27. The normalized spacial score (nSPS) is 14.8. The molecule has 0 aliphatic rings. The zero-order valence-electron chi connectivity index (χ0n) is 19.5. The molecule has 0 bridgehead atoms. The van der Waals surface area contributed by atoms with E-state index in [2.05, 4.69) is 51.4 Å². The van der Waals surface area contributed by atoms with Crippen molar-refractivity contribution in [3.63, 3.8) is 0 Å². The topological polar surface area (TPSA) is 32.3 Å². The van der Waals surface area contributed by atoms with Crippen molar-refractivity contribution in [3.05, 3.63) is 25.1 Å². The Morgan fingerprint density at radius 2 is 1.75 bits per heavy atom. The number of amides is 1. The van der Waals surface area contributed by atoms with Crippen molar-refractivity contribution in [3.8, 4) is 0 Å². The Balaban J connectivity index is 4.70. The quantitative estimate of drug-likeness (QED) is 0.216. The molecule has 0 saturated heterocycles. The Bertz CT molecular complexity index is 432. The van der Waals surface area contributed by atoms with Crippen LogP contribution in [0.15, 0.2) is 25.1 Å². The maximum Gasteiger partial charge on any atom is 0.245 e. The molecule has 0 spiro atoms. The molecule has 1 N–H and O–H groups in total. The van der Waals surface area contributed by atoms with Crippen LogP contribution in [-0.2, 0) is 4.79 Å². The molecule has 0 aromatic heterocycles. The number of nitrogens with one attached hydrogen (secondary N) is 1. The maximum absolute atomic E-state index is 11.5. The van der Waals surface area contributed by atoms with Crippen molar-refractivity contribution >= 4 is 13.8 Å². The predicted octanol–water partition coefficient (Wildman–Crippen LogP) is 6.60. The SMILES string of the molecule is C=CN(/C=C\C(=O)NC)C(C)CC(CC)CP(CC)CCC(CCC)CCC. The highest BCUT2D eigenvalue weighted by molar-refractivity contribution is 7.57. The van der Waals surface area contributed by atoms with Gasteiger partial charge in [-0.25, -0.2) is 0 Å². The molecule has 28 heavy (non-hydrogen) atoms. The first-order valence-corrected chi connectivity index (χ1v) is 13.4. The average Bonchev–Trinajstić information content (AvgIpc) is 2.70. The summed E-state index contributed by atoms with van der Waals surface area (Å²) in [4.78, 5) is 13.6. The molecule has 0 aliphatic carbocycles. The second-order valence-corrected chi connectivity index (χ2v) is 10.8. The van der Waals surface area contributed by atoms with Gasteiger partial charge in [-0.1, -0.05) is 66.4 Å². The van der Waals surface area contributed by atoms with E-state index in [0.717, 1.165) is 18.3 Å². The molecule has 0 radical (unpaired) electrons. The van der Waals surface area contributed by atoms with Gasteiger partial charge >= 0.3 is 0 Å². The fraction of sp³-hybridized carbons (Fsp3) is 0.792. The number of likely N-dealkylation sites (N-methyl/N-ethyl adjacent to an activating group) is 1. The van der Waals surface area contributed by atoms with E-state index >= 15 is 0 Å². The summed E-state index contributed by atoms with van der Waals surface area (Å²) >= 11 is 0. The van der Waals surface area contributed by atoms with Gasteiger partial charge in [-0.15, -0.1) is 7.92 Å². The van der Waals surface area contributed by atoms with Gasteiger partial charge in [0.05, 0.1) is 0 Å². The van der Waals surface area contributed by atoms with Crippen LogP contribution in [0.3, 0.4) is 0 Å². The third-order valence-corrected chi connectivity index (χ3v) is 8.64. The number of hydrogen-bond acceptors (Lipinski definition) is 2. The highest BCUT2D eigenvalue weighted by atomic mass is 31.1. The van der Waals surface area contributed by atoms with E-state index in [1.807, 2.05) is 12.4 Å². The summed E-state index contributed by atoms with van der Waals surface area (Å²) in [7, 11) is 1.79. The summed E-state index contributed by atoms with van der Waals surface area (Å²) < 4.78 is 0. The molecular formula is C24H47N2OP. The first-order valence-electron chi connectivity index (χ1n) is 11.5. The van der Waals surface area contributed by atoms with Crippen LogP contribution in [0.25, 0.3) is 0 Å². The Morgan fingerprint density at radius 1 is 1.11 bits per heavy atom. The predicted molar refractivity (Wildman–Crippen MR) is 128 cm³/mol. The molecule has 0 heterocycles. The van der Waals surface area contributed by atoms with Gasteiger partial charge in [0.15, 0.2) is 0 Å². The van der Waals surface area contributed by atoms with Gasteiger partial charge in [0.1, 0.15) is 0 Å². The van der Waals surface area contributed by atoms with Gasteiger partial charge in [-0.05, 0) is 56.3 Å². The summed E-state index contributed by atoms with van der Waals surface area (Å²) in [6.45, 7) is 15.5. The largest absolute Gasteiger partial charge is 0.356 e. The van der Waals surface area contributed by atoms with Crippen LogP contribution in [0.2, 0.25) is 0 Å². The zero-order valence-corrected chi connectivity index (χ0v) is 20.4. The van der Waals surface area contributed by atoms with Crippen LogP contribution in [0.1, 0.15) is 79.6 Å². The van der Waals surface area contributed by atoms with Gasteiger partial charge in [-0.2, -0.15) is 0 Å². The van der Waals surface area contributed by atoms with E-state index in [4.69, 9.17) is 0 Å². The Hall–Kier alpha value is -0.820. The molecule has 164 valence electrons. The van der Waals surface area contributed by atoms with Crippen molar-refractivity contribution < 1.29 is 4.79 Å². The van der Waals surface area contributed by atoms with Crippen LogP contribution in [0.5, 0.6) is 0 Å². The van der Waals surface area contributed by atoms with Crippen molar-refractivity contribution in [2.75, 3.05) is 25.5 Å². The summed E-state index contributed by atoms with van der Waals surface area (Å²) in [6.07, 6.45) is 18.7. The maximum atomic E-state index is 11.5. The molecular weight excluding hydrogens is 363 g/mol. The molecule has 0 saturated carbocycles. The van der Waals surface area contributed by atoms with E-state index in [0.29, 0.717) is 6.04 Å². The van der Waals surface area contributed by atoms with E-state index in [9.17, 15) is 4.79 Å². The van der Waals surface area contributed by atoms with E-state index < -0.39 is 0 Å². The third-order valence-electron chi connectivity index (χ3n) is 5.83.